The largest absolute Gasteiger partial charge is 0.433 e. The molecule has 1 saturated carbocycles. The molecule has 0 aromatic carbocycles. The summed E-state index contributed by atoms with van der Waals surface area (Å²) in [5.41, 5.74) is -1.62. The fourth-order valence-corrected chi connectivity index (χ4v) is 3.50. The van der Waals surface area contributed by atoms with Crippen LogP contribution in [0.1, 0.15) is 38.3 Å². The van der Waals surface area contributed by atoms with Crippen LogP contribution >= 0.6 is 0 Å². The summed E-state index contributed by atoms with van der Waals surface area (Å²) in [6, 6.07) is 0.877. The minimum Gasteiger partial charge on any atom is -0.389 e. The molecule has 1 aromatic heterocycles. The van der Waals surface area contributed by atoms with E-state index < -0.39 is 17.5 Å². The predicted molar refractivity (Wildman–Crippen MR) is 75.3 cm³/mol. The minimum absolute atomic E-state index is 0.00954. The smallest absolute Gasteiger partial charge is 0.389 e. The van der Waals surface area contributed by atoms with Crippen LogP contribution in [0.25, 0.3) is 0 Å². The van der Waals surface area contributed by atoms with Gasteiger partial charge < -0.3 is 10.0 Å². The van der Waals surface area contributed by atoms with Crippen molar-refractivity contribution in [2.24, 2.45) is 11.8 Å². The molecular weight excluding hydrogens is 295 g/mol. The number of anilines is 1. The molecule has 2 aliphatic rings. The molecule has 0 amide bonds. The highest BCUT2D eigenvalue weighted by atomic mass is 19.4. The Labute approximate surface area is 127 Å². The minimum atomic E-state index is -4.47. The standard InChI is InChI=1S/C15H20F3N3O/c1-10-9-21(8-6-14(10,22)11-3-2-4-11)13-19-7-5-12(20-13)15(16,17)18/h5,7,10-11,22H,2-4,6,8-9H2,1H3. The van der Waals surface area contributed by atoms with Crippen LogP contribution in [0.15, 0.2) is 12.3 Å². The van der Waals surface area contributed by atoms with E-state index in [1.807, 2.05) is 6.92 Å². The number of aliphatic hydroxyl groups is 1. The van der Waals surface area contributed by atoms with Gasteiger partial charge in [-0.1, -0.05) is 13.3 Å². The maximum Gasteiger partial charge on any atom is 0.433 e. The molecule has 1 aromatic rings. The second-order valence-electron chi connectivity index (χ2n) is 6.46. The number of nitrogens with zero attached hydrogens (tertiary/aromatic N) is 3. The van der Waals surface area contributed by atoms with Crippen LogP contribution in [0.2, 0.25) is 0 Å². The summed E-state index contributed by atoms with van der Waals surface area (Å²) in [5.74, 6) is 0.411. The van der Waals surface area contributed by atoms with Crippen LogP contribution in [0.4, 0.5) is 19.1 Å². The van der Waals surface area contributed by atoms with Crippen molar-refractivity contribution in [1.29, 1.82) is 0 Å². The van der Waals surface area contributed by atoms with E-state index in [-0.39, 0.29) is 11.9 Å². The molecule has 4 nitrogen and oxygen atoms in total. The third-order valence-electron chi connectivity index (χ3n) is 5.16. The molecule has 122 valence electrons. The highest BCUT2D eigenvalue weighted by Gasteiger charge is 2.47. The lowest BCUT2D eigenvalue weighted by molar-refractivity contribution is -0.141. The molecule has 0 bridgehead atoms. The molecule has 1 saturated heterocycles. The summed E-state index contributed by atoms with van der Waals surface area (Å²) in [4.78, 5) is 9.35. The Morgan fingerprint density at radius 1 is 1.36 bits per heavy atom. The zero-order valence-corrected chi connectivity index (χ0v) is 12.5. The topological polar surface area (TPSA) is 49.2 Å². The summed E-state index contributed by atoms with van der Waals surface area (Å²) in [6.07, 6.45) is 0.467. The molecular formula is C15H20F3N3O. The number of hydrogen-bond acceptors (Lipinski definition) is 4. The Morgan fingerprint density at radius 2 is 2.09 bits per heavy atom. The van der Waals surface area contributed by atoms with Crippen LogP contribution in [-0.4, -0.2) is 33.8 Å². The van der Waals surface area contributed by atoms with Gasteiger partial charge in [-0.3, -0.25) is 0 Å². The van der Waals surface area contributed by atoms with Crippen LogP contribution in [0.5, 0.6) is 0 Å². The number of rotatable bonds is 2. The number of halogens is 3. The summed E-state index contributed by atoms with van der Waals surface area (Å²) in [5, 5.41) is 10.9. The van der Waals surface area contributed by atoms with Crippen molar-refractivity contribution in [3.05, 3.63) is 18.0 Å². The number of alkyl halides is 3. The van der Waals surface area contributed by atoms with Crippen molar-refractivity contribution < 1.29 is 18.3 Å². The summed E-state index contributed by atoms with van der Waals surface area (Å²) in [7, 11) is 0. The molecule has 2 unspecified atom stereocenters. The maximum atomic E-state index is 12.7. The van der Waals surface area contributed by atoms with Crippen molar-refractivity contribution in [2.45, 2.75) is 44.4 Å². The van der Waals surface area contributed by atoms with Crippen molar-refractivity contribution in [3.63, 3.8) is 0 Å². The van der Waals surface area contributed by atoms with E-state index in [9.17, 15) is 18.3 Å². The Kier molecular flexibility index (Phi) is 3.79. The van der Waals surface area contributed by atoms with E-state index in [2.05, 4.69) is 9.97 Å². The zero-order valence-electron chi connectivity index (χ0n) is 12.5. The Morgan fingerprint density at radius 3 is 2.64 bits per heavy atom. The fraction of sp³-hybridized carbons (Fsp3) is 0.733. The summed E-state index contributed by atoms with van der Waals surface area (Å²) in [6.45, 7) is 2.92. The van der Waals surface area contributed by atoms with Gasteiger partial charge >= 0.3 is 6.18 Å². The van der Waals surface area contributed by atoms with Gasteiger partial charge in [0.15, 0.2) is 0 Å². The molecule has 0 radical (unpaired) electrons. The SMILES string of the molecule is CC1CN(c2nccc(C(F)(F)F)n2)CCC1(O)C1CCC1. The first-order valence-corrected chi connectivity index (χ1v) is 7.68. The van der Waals surface area contributed by atoms with E-state index in [1.54, 1.807) is 4.90 Å². The number of aromatic nitrogens is 2. The summed E-state index contributed by atoms with van der Waals surface area (Å²) >= 11 is 0. The molecule has 1 N–H and O–H groups in total. The molecule has 1 aliphatic carbocycles. The number of piperidine rings is 1. The van der Waals surface area contributed by atoms with Gasteiger partial charge in [-0.2, -0.15) is 13.2 Å². The lowest BCUT2D eigenvalue weighted by atomic mass is 9.65. The van der Waals surface area contributed by atoms with Crippen molar-refractivity contribution in [3.8, 4) is 0 Å². The predicted octanol–water partition coefficient (Wildman–Crippen LogP) is 2.87. The van der Waals surface area contributed by atoms with Crippen molar-refractivity contribution >= 4 is 5.95 Å². The van der Waals surface area contributed by atoms with E-state index in [0.29, 0.717) is 25.4 Å². The fourth-order valence-electron chi connectivity index (χ4n) is 3.50. The second-order valence-corrected chi connectivity index (χ2v) is 6.46. The van der Waals surface area contributed by atoms with Gasteiger partial charge in [-0.15, -0.1) is 0 Å². The average molecular weight is 315 g/mol. The molecule has 2 heterocycles. The summed E-state index contributed by atoms with van der Waals surface area (Å²) < 4.78 is 38.2. The first kappa shape index (κ1) is 15.5. The molecule has 3 rings (SSSR count). The van der Waals surface area contributed by atoms with E-state index in [0.717, 1.165) is 31.5 Å². The van der Waals surface area contributed by atoms with Gasteiger partial charge in [0.25, 0.3) is 0 Å². The van der Waals surface area contributed by atoms with Gasteiger partial charge in [0.2, 0.25) is 5.95 Å². The van der Waals surface area contributed by atoms with Crippen LogP contribution in [0.3, 0.4) is 0 Å². The first-order valence-electron chi connectivity index (χ1n) is 7.68. The lowest BCUT2D eigenvalue weighted by Crippen LogP contribution is -2.56. The van der Waals surface area contributed by atoms with Crippen molar-refractivity contribution in [2.75, 3.05) is 18.0 Å². The third-order valence-corrected chi connectivity index (χ3v) is 5.16. The molecule has 2 fully saturated rings. The second kappa shape index (κ2) is 5.37. The van der Waals surface area contributed by atoms with E-state index >= 15 is 0 Å². The maximum absolute atomic E-state index is 12.7. The van der Waals surface area contributed by atoms with Gasteiger partial charge in [-0.05, 0) is 31.2 Å². The van der Waals surface area contributed by atoms with E-state index in [1.165, 1.54) is 0 Å². The van der Waals surface area contributed by atoms with Gasteiger partial charge in [0.1, 0.15) is 5.69 Å². The highest BCUT2D eigenvalue weighted by molar-refractivity contribution is 5.32. The van der Waals surface area contributed by atoms with Crippen LogP contribution < -0.4 is 4.90 Å². The highest BCUT2D eigenvalue weighted by Crippen LogP contribution is 2.44. The van der Waals surface area contributed by atoms with Gasteiger partial charge in [-0.25, -0.2) is 9.97 Å². The molecule has 2 atom stereocenters. The third kappa shape index (κ3) is 2.66. The number of hydrogen-bond donors (Lipinski definition) is 1. The van der Waals surface area contributed by atoms with E-state index in [4.69, 9.17) is 0 Å². The zero-order chi connectivity index (χ0) is 16.0. The van der Waals surface area contributed by atoms with Crippen LogP contribution in [-0.2, 0) is 6.18 Å². The van der Waals surface area contributed by atoms with Crippen LogP contribution in [0, 0.1) is 11.8 Å². The Bertz CT molecular complexity index is 547. The van der Waals surface area contributed by atoms with Crippen molar-refractivity contribution in [1.82, 2.24) is 9.97 Å². The normalized spacial score (nSPS) is 30.2. The molecule has 7 heteroatoms. The monoisotopic (exact) mass is 315 g/mol. The van der Waals surface area contributed by atoms with Gasteiger partial charge in [0, 0.05) is 25.2 Å². The Balaban J connectivity index is 1.75. The Hall–Kier alpha value is -1.37. The average Bonchev–Trinajstić information content (AvgIpc) is 2.39. The molecule has 22 heavy (non-hydrogen) atoms. The first-order chi connectivity index (χ1) is 10.3. The molecule has 1 aliphatic heterocycles. The van der Waals surface area contributed by atoms with Gasteiger partial charge in [0.05, 0.1) is 5.60 Å². The lowest BCUT2D eigenvalue weighted by Gasteiger charge is -2.50. The quantitative estimate of drug-likeness (QED) is 0.912. The molecule has 0 spiro atoms.